The molecule has 0 amide bonds. The highest BCUT2D eigenvalue weighted by atomic mass is 35.5. The molecule has 5 heteroatoms. The van der Waals surface area contributed by atoms with Crippen LogP contribution in [0.5, 0.6) is 5.75 Å². The molecular weight excluding hydrogens is 250 g/mol. The number of nitrogens with two attached hydrogens (primary N) is 1. The van der Waals surface area contributed by atoms with Crippen LogP contribution in [0.4, 0.5) is 17.2 Å². The van der Waals surface area contributed by atoms with Crippen molar-refractivity contribution in [2.75, 3.05) is 24.8 Å². The smallest absolute Gasteiger partial charge is 0.151 e. The molecule has 2 rings (SSSR count). The van der Waals surface area contributed by atoms with Crippen molar-refractivity contribution in [2.45, 2.75) is 0 Å². The van der Waals surface area contributed by atoms with Crippen LogP contribution in [0.1, 0.15) is 0 Å². The van der Waals surface area contributed by atoms with E-state index in [4.69, 9.17) is 22.1 Å². The molecule has 18 heavy (non-hydrogen) atoms. The topological polar surface area (TPSA) is 51.4 Å². The summed E-state index contributed by atoms with van der Waals surface area (Å²) in [5.74, 6) is 1.39. The van der Waals surface area contributed by atoms with Gasteiger partial charge in [0.05, 0.1) is 29.7 Å². The Bertz CT molecular complexity index is 560. The first kappa shape index (κ1) is 12.5. The lowest BCUT2D eigenvalue weighted by Crippen LogP contribution is -2.13. The Hall–Kier alpha value is -1.94. The summed E-state index contributed by atoms with van der Waals surface area (Å²) in [6.45, 7) is 0. The molecule has 0 atom stereocenters. The molecule has 0 aliphatic heterocycles. The summed E-state index contributed by atoms with van der Waals surface area (Å²) in [5.41, 5.74) is 7.06. The zero-order valence-corrected chi connectivity index (χ0v) is 11.0. The van der Waals surface area contributed by atoms with E-state index in [1.165, 1.54) is 0 Å². The van der Waals surface area contributed by atoms with Crippen molar-refractivity contribution in [3.63, 3.8) is 0 Å². The van der Waals surface area contributed by atoms with E-state index in [0.717, 1.165) is 11.4 Å². The first-order valence-electron chi connectivity index (χ1n) is 5.41. The Morgan fingerprint density at radius 3 is 2.72 bits per heavy atom. The molecule has 0 bridgehead atoms. The lowest BCUT2D eigenvalue weighted by Gasteiger charge is -2.21. The summed E-state index contributed by atoms with van der Waals surface area (Å²) in [7, 11) is 3.51. The second kappa shape index (κ2) is 5.14. The fourth-order valence-electron chi connectivity index (χ4n) is 1.71. The molecule has 0 unspecified atom stereocenters. The van der Waals surface area contributed by atoms with Crippen molar-refractivity contribution in [3.8, 4) is 5.75 Å². The molecule has 0 fully saturated rings. The summed E-state index contributed by atoms with van der Waals surface area (Å²) < 4.78 is 5.31. The third-order valence-electron chi connectivity index (χ3n) is 2.61. The number of para-hydroxylation sites is 2. The Morgan fingerprint density at radius 2 is 2.06 bits per heavy atom. The van der Waals surface area contributed by atoms with Crippen molar-refractivity contribution in [1.29, 1.82) is 0 Å². The highest BCUT2D eigenvalue weighted by Crippen LogP contribution is 2.34. The SMILES string of the molecule is COc1ccccc1N(C)c1ncc(N)cc1Cl. The van der Waals surface area contributed by atoms with E-state index in [9.17, 15) is 0 Å². The van der Waals surface area contributed by atoms with Gasteiger partial charge in [-0.2, -0.15) is 0 Å². The van der Waals surface area contributed by atoms with Gasteiger partial charge in [-0.3, -0.25) is 0 Å². The van der Waals surface area contributed by atoms with Gasteiger partial charge in [-0.15, -0.1) is 0 Å². The molecule has 0 saturated heterocycles. The second-order valence-electron chi connectivity index (χ2n) is 3.80. The molecule has 94 valence electrons. The minimum Gasteiger partial charge on any atom is -0.495 e. The van der Waals surface area contributed by atoms with E-state index in [0.29, 0.717) is 16.5 Å². The summed E-state index contributed by atoms with van der Waals surface area (Å²) in [4.78, 5) is 6.10. The van der Waals surface area contributed by atoms with Crippen molar-refractivity contribution >= 4 is 28.8 Å². The van der Waals surface area contributed by atoms with Crippen molar-refractivity contribution < 1.29 is 4.74 Å². The average Bonchev–Trinajstić information content (AvgIpc) is 2.38. The van der Waals surface area contributed by atoms with Crippen molar-refractivity contribution in [3.05, 3.63) is 41.6 Å². The third-order valence-corrected chi connectivity index (χ3v) is 2.89. The van der Waals surface area contributed by atoms with Gasteiger partial charge in [0.2, 0.25) is 0 Å². The Labute approximate surface area is 111 Å². The number of rotatable bonds is 3. The monoisotopic (exact) mass is 263 g/mol. The van der Waals surface area contributed by atoms with Gasteiger partial charge >= 0.3 is 0 Å². The van der Waals surface area contributed by atoms with Crippen LogP contribution >= 0.6 is 11.6 Å². The standard InChI is InChI=1S/C13H14ClN3O/c1-17(11-5-3-4-6-12(11)18-2)13-10(14)7-9(15)8-16-13/h3-8H,15H2,1-2H3. The van der Waals surface area contributed by atoms with Crippen LogP contribution in [0.3, 0.4) is 0 Å². The van der Waals surface area contributed by atoms with E-state index < -0.39 is 0 Å². The molecule has 1 heterocycles. The van der Waals surface area contributed by atoms with Crippen LogP contribution in [-0.2, 0) is 0 Å². The predicted molar refractivity (Wildman–Crippen MR) is 74.7 cm³/mol. The molecule has 0 aliphatic carbocycles. The van der Waals surface area contributed by atoms with Gasteiger partial charge in [-0.25, -0.2) is 4.98 Å². The van der Waals surface area contributed by atoms with Gasteiger partial charge < -0.3 is 15.4 Å². The van der Waals surface area contributed by atoms with Crippen LogP contribution in [0, 0.1) is 0 Å². The Balaban J connectivity index is 2.44. The molecule has 1 aromatic heterocycles. The van der Waals surface area contributed by atoms with Gasteiger partial charge in [-0.05, 0) is 18.2 Å². The van der Waals surface area contributed by atoms with Crippen LogP contribution in [-0.4, -0.2) is 19.1 Å². The first-order valence-corrected chi connectivity index (χ1v) is 5.79. The summed E-state index contributed by atoms with van der Waals surface area (Å²) in [6.07, 6.45) is 1.58. The Kier molecular flexibility index (Phi) is 3.58. The van der Waals surface area contributed by atoms with E-state index in [1.54, 1.807) is 19.4 Å². The predicted octanol–water partition coefficient (Wildman–Crippen LogP) is 3.09. The number of nitrogens with zero attached hydrogens (tertiary/aromatic N) is 2. The van der Waals surface area contributed by atoms with Gasteiger partial charge in [0, 0.05) is 7.05 Å². The Morgan fingerprint density at radius 1 is 1.33 bits per heavy atom. The highest BCUT2D eigenvalue weighted by molar-refractivity contribution is 6.33. The minimum atomic E-state index is 0.503. The van der Waals surface area contributed by atoms with Gasteiger partial charge in [0.25, 0.3) is 0 Å². The number of nitrogen functional groups attached to an aromatic ring is 1. The number of methoxy groups -OCH3 is 1. The van der Waals surface area contributed by atoms with E-state index >= 15 is 0 Å². The van der Waals surface area contributed by atoms with Crippen molar-refractivity contribution in [1.82, 2.24) is 4.98 Å². The van der Waals surface area contributed by atoms with Crippen molar-refractivity contribution in [2.24, 2.45) is 0 Å². The number of anilines is 3. The molecule has 0 spiro atoms. The van der Waals surface area contributed by atoms with E-state index in [1.807, 2.05) is 36.2 Å². The molecule has 1 aromatic carbocycles. The second-order valence-corrected chi connectivity index (χ2v) is 4.21. The number of halogens is 1. The van der Waals surface area contributed by atoms with E-state index in [2.05, 4.69) is 4.98 Å². The summed E-state index contributed by atoms with van der Waals surface area (Å²) in [6, 6.07) is 9.34. The normalized spacial score (nSPS) is 10.2. The lowest BCUT2D eigenvalue weighted by molar-refractivity contribution is 0.415. The first-order chi connectivity index (χ1) is 8.63. The average molecular weight is 264 g/mol. The maximum absolute atomic E-state index is 6.14. The molecular formula is C13H14ClN3O. The van der Waals surface area contributed by atoms with Gasteiger partial charge in [0.15, 0.2) is 5.82 Å². The molecule has 4 nitrogen and oxygen atoms in total. The number of pyridine rings is 1. The van der Waals surface area contributed by atoms with Gasteiger partial charge in [-0.1, -0.05) is 23.7 Å². The highest BCUT2D eigenvalue weighted by Gasteiger charge is 2.13. The maximum atomic E-state index is 6.14. The molecule has 2 aromatic rings. The number of hydrogen-bond donors (Lipinski definition) is 1. The fourth-order valence-corrected chi connectivity index (χ4v) is 2.01. The number of aromatic nitrogens is 1. The lowest BCUT2D eigenvalue weighted by atomic mass is 10.2. The van der Waals surface area contributed by atoms with Crippen LogP contribution in [0.25, 0.3) is 0 Å². The maximum Gasteiger partial charge on any atom is 0.151 e. The van der Waals surface area contributed by atoms with Crippen LogP contribution in [0.2, 0.25) is 5.02 Å². The number of benzene rings is 1. The molecule has 0 aliphatic rings. The number of hydrogen-bond acceptors (Lipinski definition) is 4. The third kappa shape index (κ3) is 2.33. The summed E-state index contributed by atoms with van der Waals surface area (Å²) >= 11 is 6.14. The quantitative estimate of drug-likeness (QED) is 0.925. The number of ether oxygens (including phenoxy) is 1. The minimum absolute atomic E-state index is 0.503. The van der Waals surface area contributed by atoms with Gasteiger partial charge in [0.1, 0.15) is 5.75 Å². The van der Waals surface area contributed by atoms with Crippen LogP contribution < -0.4 is 15.4 Å². The largest absolute Gasteiger partial charge is 0.495 e. The zero-order chi connectivity index (χ0) is 13.1. The molecule has 0 radical (unpaired) electrons. The molecule has 0 saturated carbocycles. The zero-order valence-electron chi connectivity index (χ0n) is 10.2. The van der Waals surface area contributed by atoms with E-state index in [-0.39, 0.29) is 0 Å². The summed E-state index contributed by atoms with van der Waals surface area (Å²) in [5, 5.41) is 0.503. The molecule has 2 N–H and O–H groups in total. The van der Waals surface area contributed by atoms with Crippen LogP contribution in [0.15, 0.2) is 36.5 Å². The fraction of sp³-hybridized carbons (Fsp3) is 0.154.